The Bertz CT molecular complexity index is 8990. The molecule has 0 saturated carbocycles. The fraction of sp³-hybridized carbons (Fsp3) is 0.156. The largest absolute Gasteiger partial charge is 0.310 e. The first-order valence-corrected chi connectivity index (χ1v) is 50.3. The lowest BCUT2D eigenvalue weighted by atomic mass is 9.55. The van der Waals surface area contributed by atoms with Crippen LogP contribution in [-0.4, -0.2) is 4.57 Å². The van der Waals surface area contributed by atoms with Crippen molar-refractivity contribution in [1.29, 1.82) is 0 Å². The second kappa shape index (κ2) is 31.4. The maximum Gasteiger partial charge on any atom is 0.0541 e. The molecule has 0 aliphatic heterocycles. The van der Waals surface area contributed by atoms with Crippen molar-refractivity contribution in [3.63, 3.8) is 0 Å². The summed E-state index contributed by atoms with van der Waals surface area (Å²) in [5.41, 5.74) is 34.7. The molecule has 0 N–H and O–H groups in total. The van der Waals surface area contributed by atoms with Gasteiger partial charge in [0.2, 0.25) is 0 Å². The Kier molecular flexibility index (Phi) is 19.3. The topological polar surface area (TPSA) is 11.4 Å². The van der Waals surface area contributed by atoms with Gasteiger partial charge in [-0.2, -0.15) is 0 Å². The van der Waals surface area contributed by atoms with E-state index in [0.717, 1.165) is 11.4 Å². The molecular formula is C135H111N3S. The fourth-order valence-corrected chi connectivity index (χ4v) is 25.5. The van der Waals surface area contributed by atoms with E-state index in [2.05, 4.69) is 530 Å². The van der Waals surface area contributed by atoms with E-state index in [4.69, 9.17) is 0 Å². The standard InChI is InChI=1S/C47H41N.C44H35NS.C44H35N/c1-45(2)41-19-13-12-18-36(41)37-24-22-33(27-42(37)45)48(32-15-8-7-9-16-32)34-23-25-38-40-26-31-21-20-30-14-10-11-17-35(30)39(31)29-44(40)47(5,6)46(3,4)43(38)28-34;1-43(2)39-26-32(45(30-13-6-5-7-14-30)31-21-23-42-38(25-31)35-16-10-11-17-41(35)46-42)20-22-34(39)37-24-29-19-18-28-12-8-9-15-33(28)36(29)27-40(37)44(43,3)4;1-43(2)39-26-30(28-19-22-32(23-20-28)45-41-15-9-7-13-35(41)36-14-8-10-16-42(36)45)21-24-34(39)38-25-31-18-17-29-11-5-6-12-33(29)37(31)27-40(38)44(43,3)4/h7-29H,1-6H3;5-27H,1-4H3;5-27H,1-4H3. The van der Waals surface area contributed by atoms with Crippen LogP contribution in [0.1, 0.15) is 141 Å². The van der Waals surface area contributed by atoms with Crippen LogP contribution in [0.2, 0.25) is 0 Å². The number of para-hydroxylation sites is 4. The molecule has 0 atom stereocenters. The van der Waals surface area contributed by atoms with E-state index in [-0.39, 0.29) is 37.9 Å². The molecule has 0 bridgehead atoms. The molecule has 0 saturated heterocycles. The number of rotatable bonds is 8. The van der Waals surface area contributed by atoms with Gasteiger partial charge in [0.1, 0.15) is 0 Å². The molecule has 0 unspecified atom stereocenters. The first kappa shape index (κ1) is 85.5. The second-order valence-electron chi connectivity index (χ2n) is 43.1. The van der Waals surface area contributed by atoms with Gasteiger partial charge in [-0.25, -0.2) is 0 Å². The molecule has 21 aromatic carbocycles. The Hall–Kier alpha value is -15.2. The lowest BCUT2D eigenvalue weighted by Crippen LogP contribution is -2.43. The Morgan fingerprint density at radius 3 is 0.950 bits per heavy atom. The molecular weight excluding hydrogens is 1700 g/mol. The van der Waals surface area contributed by atoms with Crippen LogP contribution >= 0.6 is 11.3 Å². The molecule has 2 aromatic heterocycles. The SMILES string of the molecule is CC1(C)c2cc(-c3ccc(-n4c5ccccc5c5ccccc54)cc3)ccc2-c2cc3ccc4ccccc4c3cc2C1(C)C.CC1(C)c2cc(N(c3ccccc3)c3ccc4sc5ccccc5c4c3)ccc2-c2cc3ccc4ccccc4c3cc2C1(C)C.CC1(C)c2ccccc2-c2ccc(N(c3ccccc3)c3ccc4c(c3)C(C)(C)C(C)(C)c3cc5c(ccc6ccccc65)cc3-4)cc21. The lowest BCUT2D eigenvalue weighted by Gasteiger charge is -2.49. The average Bonchev–Trinajstić information content (AvgIpc) is 1.55. The normalized spacial score (nSPS) is 15.4. The summed E-state index contributed by atoms with van der Waals surface area (Å²) >= 11 is 1.87. The highest BCUT2D eigenvalue weighted by atomic mass is 32.1. The Morgan fingerprint density at radius 2 is 0.496 bits per heavy atom. The number of benzene rings is 21. The van der Waals surface area contributed by atoms with Gasteiger partial charge in [-0.3, -0.25) is 0 Å². The molecule has 672 valence electrons. The third-order valence-corrected chi connectivity index (χ3v) is 35.5. The second-order valence-corrected chi connectivity index (χ2v) is 44.2. The van der Waals surface area contributed by atoms with Gasteiger partial charge < -0.3 is 14.4 Å². The minimum atomic E-state index is -0.118. The quantitative estimate of drug-likeness (QED) is 0.141. The Balaban J connectivity index is 0.000000110. The van der Waals surface area contributed by atoms with E-state index >= 15 is 0 Å². The zero-order chi connectivity index (χ0) is 94.7. The van der Waals surface area contributed by atoms with Crippen LogP contribution in [0, 0.1) is 0 Å². The van der Waals surface area contributed by atoms with Gasteiger partial charge in [-0.15, -0.1) is 11.3 Å². The van der Waals surface area contributed by atoms with Crippen LogP contribution in [0.4, 0.5) is 34.1 Å². The minimum absolute atomic E-state index is 0.0561. The first-order valence-electron chi connectivity index (χ1n) is 49.5. The lowest BCUT2D eigenvalue weighted by molar-refractivity contribution is 0.299. The van der Waals surface area contributed by atoms with Crippen LogP contribution in [0.3, 0.4) is 0 Å². The number of thiophene rings is 1. The zero-order valence-electron chi connectivity index (χ0n) is 81.6. The summed E-state index contributed by atoms with van der Waals surface area (Å²) in [5.74, 6) is 0. The van der Waals surface area contributed by atoms with E-state index in [0.29, 0.717) is 0 Å². The summed E-state index contributed by atoms with van der Waals surface area (Å²) in [6.45, 7) is 33.9. The van der Waals surface area contributed by atoms with Crippen molar-refractivity contribution in [1.82, 2.24) is 4.57 Å². The molecule has 3 nitrogen and oxygen atoms in total. The average molecular weight is 1810 g/mol. The molecule has 139 heavy (non-hydrogen) atoms. The molecule has 0 amide bonds. The predicted molar refractivity (Wildman–Crippen MR) is 598 cm³/mol. The minimum Gasteiger partial charge on any atom is -0.310 e. The van der Waals surface area contributed by atoms with E-state index < -0.39 is 0 Å². The highest BCUT2D eigenvalue weighted by Crippen LogP contribution is 2.61. The van der Waals surface area contributed by atoms with Crippen LogP contribution < -0.4 is 9.80 Å². The van der Waals surface area contributed by atoms with Crippen molar-refractivity contribution in [3.8, 4) is 61.3 Å². The third-order valence-electron chi connectivity index (χ3n) is 34.3. The molecule has 2 heterocycles. The van der Waals surface area contributed by atoms with E-state index in [9.17, 15) is 0 Å². The number of nitrogens with zero attached hydrogens (tertiary/aromatic N) is 3. The number of hydrogen-bond donors (Lipinski definition) is 0. The molecule has 27 rings (SSSR count). The molecule has 4 aliphatic carbocycles. The van der Waals surface area contributed by atoms with E-state index in [1.807, 2.05) is 11.3 Å². The van der Waals surface area contributed by atoms with Crippen molar-refractivity contribution in [2.24, 2.45) is 0 Å². The fourth-order valence-electron chi connectivity index (χ4n) is 24.5. The van der Waals surface area contributed by atoms with Crippen LogP contribution in [0.5, 0.6) is 0 Å². The smallest absolute Gasteiger partial charge is 0.0541 e. The van der Waals surface area contributed by atoms with E-state index in [1.54, 1.807) is 0 Å². The van der Waals surface area contributed by atoms with Gasteiger partial charge in [-0.1, -0.05) is 364 Å². The van der Waals surface area contributed by atoms with E-state index in [1.165, 1.54) is 235 Å². The molecule has 23 aromatic rings. The van der Waals surface area contributed by atoms with Crippen LogP contribution in [0.25, 0.3) is 168 Å². The predicted octanol–water partition coefficient (Wildman–Crippen LogP) is 38.1. The molecule has 0 fully saturated rings. The summed E-state index contributed by atoms with van der Waals surface area (Å²) < 4.78 is 5.04. The maximum absolute atomic E-state index is 2.49. The summed E-state index contributed by atoms with van der Waals surface area (Å²) in [6, 6.07) is 156. The van der Waals surface area contributed by atoms with Crippen molar-refractivity contribution in [3.05, 3.63) is 463 Å². The van der Waals surface area contributed by atoms with Gasteiger partial charge in [0, 0.05) is 76.2 Å². The van der Waals surface area contributed by atoms with Gasteiger partial charge in [0.25, 0.3) is 0 Å². The van der Waals surface area contributed by atoms with Gasteiger partial charge in [-0.05, 0) is 349 Å². The molecule has 0 radical (unpaired) electrons. The maximum atomic E-state index is 2.49. The first-order chi connectivity index (χ1) is 67.2. The number of hydrogen-bond acceptors (Lipinski definition) is 3. The van der Waals surface area contributed by atoms with Crippen molar-refractivity contribution >= 4 is 152 Å². The van der Waals surface area contributed by atoms with Crippen LogP contribution in [0.15, 0.2) is 419 Å². The van der Waals surface area contributed by atoms with Gasteiger partial charge in [0.15, 0.2) is 0 Å². The van der Waals surface area contributed by atoms with Gasteiger partial charge in [0.05, 0.1) is 11.0 Å². The monoisotopic (exact) mass is 1810 g/mol. The number of fused-ring (bicyclic) bond motifs is 27. The molecule has 4 aliphatic rings. The summed E-state index contributed by atoms with van der Waals surface area (Å²) in [6.07, 6.45) is 0. The summed E-state index contributed by atoms with van der Waals surface area (Å²) in [7, 11) is 0. The molecule has 0 spiro atoms. The number of anilines is 6. The van der Waals surface area contributed by atoms with Crippen molar-refractivity contribution in [2.45, 2.75) is 135 Å². The third kappa shape index (κ3) is 13.0. The van der Waals surface area contributed by atoms with Crippen molar-refractivity contribution in [2.75, 3.05) is 9.80 Å². The van der Waals surface area contributed by atoms with Gasteiger partial charge >= 0.3 is 0 Å². The number of aromatic nitrogens is 1. The highest BCUT2D eigenvalue weighted by Gasteiger charge is 2.50. The summed E-state index contributed by atoms with van der Waals surface area (Å²) in [4.78, 5) is 4.88. The van der Waals surface area contributed by atoms with Crippen molar-refractivity contribution < 1.29 is 0 Å². The highest BCUT2D eigenvalue weighted by molar-refractivity contribution is 7.25. The Labute approximate surface area is 819 Å². The summed E-state index contributed by atoms with van der Waals surface area (Å²) in [5, 5.41) is 21.0. The zero-order valence-corrected chi connectivity index (χ0v) is 82.4. The molecule has 4 heteroatoms. The van der Waals surface area contributed by atoms with Crippen LogP contribution in [-0.2, 0) is 37.9 Å². The Morgan fingerprint density at radius 1 is 0.180 bits per heavy atom.